The standard InChI is InChI=1S/C19H20ClNO5/c1-25-16-9-8-12(10-14(16)20)11-15(19(24)26-2)21-18(23)17(22)13-6-4-3-5-7-13/h3-10,15,17,22H,11H2,1-2H3,(H,21,23)/t15-,17+/m1/s1. The fourth-order valence-electron chi connectivity index (χ4n) is 2.45. The number of benzene rings is 2. The van der Waals surface area contributed by atoms with E-state index in [1.807, 2.05) is 0 Å². The van der Waals surface area contributed by atoms with Crippen LogP contribution in [0.5, 0.6) is 5.75 Å². The Labute approximate surface area is 156 Å². The van der Waals surface area contributed by atoms with Crippen molar-refractivity contribution in [2.45, 2.75) is 18.6 Å². The molecule has 138 valence electrons. The zero-order valence-corrected chi connectivity index (χ0v) is 15.2. The van der Waals surface area contributed by atoms with Gasteiger partial charge in [0.05, 0.1) is 19.2 Å². The molecule has 0 heterocycles. The lowest BCUT2D eigenvalue weighted by atomic mass is 10.0. The van der Waals surface area contributed by atoms with E-state index in [0.29, 0.717) is 21.9 Å². The minimum absolute atomic E-state index is 0.156. The molecule has 0 saturated carbocycles. The molecular formula is C19H20ClNO5. The fourth-order valence-corrected chi connectivity index (χ4v) is 2.73. The van der Waals surface area contributed by atoms with Gasteiger partial charge in [-0.3, -0.25) is 4.79 Å². The van der Waals surface area contributed by atoms with Crippen molar-refractivity contribution in [2.24, 2.45) is 0 Å². The van der Waals surface area contributed by atoms with Gasteiger partial charge in [-0.15, -0.1) is 0 Å². The van der Waals surface area contributed by atoms with Crippen molar-refractivity contribution >= 4 is 23.5 Å². The second kappa shape index (κ2) is 9.22. The molecule has 2 aromatic carbocycles. The van der Waals surface area contributed by atoms with Gasteiger partial charge in [0.25, 0.3) is 5.91 Å². The maximum atomic E-state index is 12.3. The first kappa shape index (κ1) is 19.8. The number of hydrogen-bond donors (Lipinski definition) is 2. The van der Waals surface area contributed by atoms with E-state index in [-0.39, 0.29) is 6.42 Å². The first-order valence-electron chi connectivity index (χ1n) is 7.90. The highest BCUT2D eigenvalue weighted by Crippen LogP contribution is 2.25. The number of aliphatic hydroxyl groups is 1. The lowest BCUT2D eigenvalue weighted by Crippen LogP contribution is -2.45. The highest BCUT2D eigenvalue weighted by Gasteiger charge is 2.26. The predicted molar refractivity (Wildman–Crippen MR) is 97.1 cm³/mol. The second-order valence-corrected chi connectivity index (χ2v) is 5.98. The molecule has 2 N–H and O–H groups in total. The summed E-state index contributed by atoms with van der Waals surface area (Å²) < 4.78 is 9.85. The Morgan fingerprint density at radius 2 is 1.85 bits per heavy atom. The zero-order valence-electron chi connectivity index (χ0n) is 14.4. The number of esters is 1. The summed E-state index contributed by atoms with van der Waals surface area (Å²) in [7, 11) is 2.74. The number of amides is 1. The number of nitrogens with one attached hydrogen (secondary N) is 1. The predicted octanol–water partition coefficient (Wildman–Crippen LogP) is 2.28. The molecule has 0 saturated heterocycles. The lowest BCUT2D eigenvalue weighted by molar-refractivity contribution is -0.146. The number of rotatable bonds is 7. The van der Waals surface area contributed by atoms with Crippen molar-refractivity contribution < 1.29 is 24.2 Å². The quantitative estimate of drug-likeness (QED) is 0.723. The maximum absolute atomic E-state index is 12.3. The third-order valence-corrected chi connectivity index (χ3v) is 4.12. The Morgan fingerprint density at radius 3 is 2.42 bits per heavy atom. The van der Waals surface area contributed by atoms with Gasteiger partial charge in [0, 0.05) is 6.42 Å². The van der Waals surface area contributed by atoms with Crippen LogP contribution in [0.3, 0.4) is 0 Å². The number of carbonyl (C=O) groups is 2. The molecule has 0 aliphatic rings. The van der Waals surface area contributed by atoms with Crippen molar-refractivity contribution in [1.82, 2.24) is 5.32 Å². The normalized spacial score (nSPS) is 12.8. The number of carbonyl (C=O) groups excluding carboxylic acids is 2. The highest BCUT2D eigenvalue weighted by molar-refractivity contribution is 6.32. The Balaban J connectivity index is 2.13. The van der Waals surface area contributed by atoms with Crippen molar-refractivity contribution in [3.05, 3.63) is 64.7 Å². The van der Waals surface area contributed by atoms with Gasteiger partial charge in [-0.25, -0.2) is 4.79 Å². The van der Waals surface area contributed by atoms with Crippen LogP contribution in [0, 0.1) is 0 Å². The molecule has 2 aromatic rings. The minimum Gasteiger partial charge on any atom is -0.495 e. The monoisotopic (exact) mass is 377 g/mol. The number of halogens is 1. The Morgan fingerprint density at radius 1 is 1.15 bits per heavy atom. The summed E-state index contributed by atoms with van der Waals surface area (Å²) in [6.45, 7) is 0. The minimum atomic E-state index is -1.39. The van der Waals surface area contributed by atoms with Gasteiger partial charge in [-0.2, -0.15) is 0 Å². The molecule has 0 radical (unpaired) electrons. The van der Waals surface area contributed by atoms with Crippen molar-refractivity contribution in [3.63, 3.8) is 0 Å². The number of aliphatic hydroxyl groups excluding tert-OH is 1. The van der Waals surface area contributed by atoms with E-state index in [0.717, 1.165) is 0 Å². The van der Waals surface area contributed by atoms with E-state index in [9.17, 15) is 14.7 Å². The summed E-state index contributed by atoms with van der Waals surface area (Å²) in [4.78, 5) is 24.4. The van der Waals surface area contributed by atoms with Crippen LogP contribution in [0.2, 0.25) is 5.02 Å². The summed E-state index contributed by atoms with van der Waals surface area (Å²) in [5.41, 5.74) is 1.14. The summed E-state index contributed by atoms with van der Waals surface area (Å²) >= 11 is 6.09. The molecule has 0 unspecified atom stereocenters. The maximum Gasteiger partial charge on any atom is 0.328 e. The molecule has 0 fully saturated rings. The molecule has 0 aliphatic heterocycles. The van der Waals surface area contributed by atoms with Crippen LogP contribution >= 0.6 is 11.6 Å². The molecular weight excluding hydrogens is 358 g/mol. The second-order valence-electron chi connectivity index (χ2n) is 5.57. The average Bonchev–Trinajstić information content (AvgIpc) is 2.67. The van der Waals surface area contributed by atoms with Gasteiger partial charge >= 0.3 is 5.97 Å². The van der Waals surface area contributed by atoms with Gasteiger partial charge in [-0.05, 0) is 23.3 Å². The van der Waals surface area contributed by atoms with Crippen LogP contribution in [0.15, 0.2) is 48.5 Å². The zero-order chi connectivity index (χ0) is 19.1. The van der Waals surface area contributed by atoms with Gasteiger partial charge < -0.3 is 19.9 Å². The first-order chi connectivity index (χ1) is 12.5. The van der Waals surface area contributed by atoms with E-state index in [4.69, 9.17) is 21.1 Å². The van der Waals surface area contributed by atoms with Crippen molar-refractivity contribution in [2.75, 3.05) is 14.2 Å². The van der Waals surface area contributed by atoms with Crippen LogP contribution < -0.4 is 10.1 Å². The molecule has 0 spiro atoms. The number of methoxy groups -OCH3 is 2. The van der Waals surface area contributed by atoms with Crippen LogP contribution in [-0.4, -0.2) is 37.2 Å². The van der Waals surface area contributed by atoms with E-state index >= 15 is 0 Å². The van der Waals surface area contributed by atoms with Crippen molar-refractivity contribution in [1.29, 1.82) is 0 Å². The topological polar surface area (TPSA) is 84.9 Å². The molecule has 26 heavy (non-hydrogen) atoms. The van der Waals surface area contributed by atoms with Crippen LogP contribution in [0.4, 0.5) is 0 Å². The first-order valence-corrected chi connectivity index (χ1v) is 8.27. The molecule has 6 nitrogen and oxygen atoms in total. The van der Waals surface area contributed by atoms with Gasteiger partial charge in [0.2, 0.25) is 0 Å². The smallest absolute Gasteiger partial charge is 0.328 e. The summed E-state index contributed by atoms with van der Waals surface area (Å²) in [6, 6.07) is 12.5. The Hall–Kier alpha value is -2.57. The molecule has 1 amide bonds. The average molecular weight is 378 g/mol. The molecule has 0 aliphatic carbocycles. The summed E-state index contributed by atoms with van der Waals surface area (Å²) in [5, 5.41) is 13.1. The largest absolute Gasteiger partial charge is 0.495 e. The third-order valence-electron chi connectivity index (χ3n) is 3.82. The van der Waals surface area contributed by atoms with Crippen molar-refractivity contribution in [3.8, 4) is 5.75 Å². The Bertz CT molecular complexity index is 766. The summed E-state index contributed by atoms with van der Waals surface area (Å²) in [6.07, 6.45) is -1.23. The van der Waals surface area contributed by atoms with Gasteiger partial charge in [0.15, 0.2) is 6.10 Å². The van der Waals surface area contributed by atoms with Crippen LogP contribution in [0.25, 0.3) is 0 Å². The number of hydrogen-bond acceptors (Lipinski definition) is 5. The van der Waals surface area contributed by atoms with Crippen LogP contribution in [-0.2, 0) is 20.7 Å². The number of ether oxygens (including phenoxy) is 2. The summed E-state index contributed by atoms with van der Waals surface area (Å²) in [5.74, 6) is -0.801. The van der Waals surface area contributed by atoms with E-state index in [2.05, 4.69) is 5.32 Å². The SMILES string of the molecule is COC(=O)[C@@H](Cc1ccc(OC)c(Cl)c1)NC(=O)[C@@H](O)c1ccccc1. The van der Waals surface area contributed by atoms with Crippen LogP contribution in [0.1, 0.15) is 17.2 Å². The molecule has 2 rings (SSSR count). The van der Waals surface area contributed by atoms with E-state index in [1.54, 1.807) is 48.5 Å². The van der Waals surface area contributed by atoms with E-state index < -0.39 is 24.0 Å². The van der Waals surface area contributed by atoms with Gasteiger partial charge in [-0.1, -0.05) is 48.0 Å². The molecule has 0 bridgehead atoms. The molecule has 7 heteroatoms. The highest BCUT2D eigenvalue weighted by atomic mass is 35.5. The molecule has 2 atom stereocenters. The van der Waals surface area contributed by atoms with Gasteiger partial charge in [0.1, 0.15) is 11.8 Å². The fraction of sp³-hybridized carbons (Fsp3) is 0.263. The third kappa shape index (κ3) is 4.97. The lowest BCUT2D eigenvalue weighted by Gasteiger charge is -2.19. The Kier molecular flexibility index (Phi) is 7.00. The van der Waals surface area contributed by atoms with E-state index in [1.165, 1.54) is 14.2 Å². The molecule has 0 aromatic heterocycles.